The molecule has 4 rings (SSSR count). The molecule has 0 amide bonds. The number of benzene rings is 1. The fourth-order valence-corrected chi connectivity index (χ4v) is 3.06. The standard InChI is InChI=1S/C18H16F2N4O2.ClH/c19-13-7-11(8-14(20)18(13)26)15-9-17(25)24-10-12(1-2-16(24)22-15)23-5-3-21-4-6-23;/h1-2,7-10,21,26H,3-6H2;1H. The molecular formula is C18H17ClF2N4O2. The van der Waals surface area contributed by atoms with Crippen LogP contribution >= 0.6 is 12.4 Å². The van der Waals surface area contributed by atoms with Crippen molar-refractivity contribution in [3.05, 3.63) is 58.5 Å². The summed E-state index contributed by atoms with van der Waals surface area (Å²) in [4.78, 5) is 19.0. The minimum absolute atomic E-state index is 0. The molecule has 1 saturated heterocycles. The molecule has 3 heterocycles. The summed E-state index contributed by atoms with van der Waals surface area (Å²) in [6.07, 6.45) is 1.72. The second kappa shape index (κ2) is 7.50. The highest BCUT2D eigenvalue weighted by Crippen LogP contribution is 2.27. The van der Waals surface area contributed by atoms with Gasteiger partial charge in [0.25, 0.3) is 5.56 Å². The normalized spacial score (nSPS) is 14.2. The average molecular weight is 395 g/mol. The number of nitrogens with one attached hydrogen (secondary N) is 1. The third-order valence-corrected chi connectivity index (χ3v) is 4.44. The van der Waals surface area contributed by atoms with Gasteiger partial charge < -0.3 is 15.3 Å². The maximum Gasteiger partial charge on any atom is 0.258 e. The summed E-state index contributed by atoms with van der Waals surface area (Å²) in [7, 11) is 0. The Kier molecular flexibility index (Phi) is 5.29. The van der Waals surface area contributed by atoms with Gasteiger partial charge in [-0.2, -0.15) is 0 Å². The Morgan fingerprint density at radius 3 is 2.41 bits per heavy atom. The Balaban J connectivity index is 0.00000210. The molecule has 0 saturated carbocycles. The highest BCUT2D eigenvalue weighted by molar-refractivity contribution is 5.85. The second-order valence-corrected chi connectivity index (χ2v) is 6.12. The van der Waals surface area contributed by atoms with Crippen LogP contribution in [0.1, 0.15) is 0 Å². The largest absolute Gasteiger partial charge is 0.503 e. The van der Waals surface area contributed by atoms with Crippen LogP contribution in [0.2, 0.25) is 0 Å². The molecule has 142 valence electrons. The van der Waals surface area contributed by atoms with Crippen LogP contribution in [0.15, 0.2) is 41.3 Å². The lowest BCUT2D eigenvalue weighted by Crippen LogP contribution is -2.43. The molecule has 0 radical (unpaired) electrons. The van der Waals surface area contributed by atoms with Crippen molar-refractivity contribution < 1.29 is 13.9 Å². The summed E-state index contributed by atoms with van der Waals surface area (Å²) < 4.78 is 28.6. The van der Waals surface area contributed by atoms with E-state index in [2.05, 4.69) is 15.2 Å². The van der Waals surface area contributed by atoms with Crippen LogP contribution in [0.5, 0.6) is 5.75 Å². The predicted octanol–water partition coefficient (Wildman–Crippen LogP) is 2.18. The minimum Gasteiger partial charge on any atom is -0.503 e. The number of hydrogen-bond donors (Lipinski definition) is 2. The quantitative estimate of drug-likeness (QED) is 0.697. The number of phenols is 1. The zero-order valence-corrected chi connectivity index (χ0v) is 15.0. The third kappa shape index (κ3) is 3.58. The van der Waals surface area contributed by atoms with Crippen molar-refractivity contribution in [1.82, 2.24) is 14.7 Å². The fraction of sp³-hybridized carbons (Fsp3) is 0.222. The van der Waals surface area contributed by atoms with Crippen molar-refractivity contribution in [2.75, 3.05) is 31.1 Å². The smallest absolute Gasteiger partial charge is 0.258 e. The van der Waals surface area contributed by atoms with Crippen molar-refractivity contribution in [2.45, 2.75) is 0 Å². The van der Waals surface area contributed by atoms with Gasteiger partial charge in [0.1, 0.15) is 5.65 Å². The van der Waals surface area contributed by atoms with Crippen LogP contribution < -0.4 is 15.8 Å². The number of rotatable bonds is 2. The molecule has 9 heteroatoms. The minimum atomic E-state index is -1.10. The summed E-state index contributed by atoms with van der Waals surface area (Å²) in [5.41, 5.74) is 1.17. The number of nitrogens with zero attached hydrogens (tertiary/aromatic N) is 3. The number of anilines is 1. The zero-order chi connectivity index (χ0) is 18.3. The Morgan fingerprint density at radius 2 is 1.74 bits per heavy atom. The predicted molar refractivity (Wildman–Crippen MR) is 101 cm³/mol. The third-order valence-electron chi connectivity index (χ3n) is 4.44. The summed E-state index contributed by atoms with van der Waals surface area (Å²) in [5.74, 6) is -3.25. The van der Waals surface area contributed by atoms with Crippen LogP contribution in [-0.2, 0) is 0 Å². The number of aromatic nitrogens is 2. The molecule has 1 aromatic carbocycles. The van der Waals surface area contributed by atoms with E-state index in [1.807, 2.05) is 6.07 Å². The van der Waals surface area contributed by atoms with Gasteiger partial charge in [0.05, 0.1) is 11.4 Å². The van der Waals surface area contributed by atoms with Gasteiger partial charge in [0.15, 0.2) is 17.4 Å². The van der Waals surface area contributed by atoms with E-state index in [4.69, 9.17) is 0 Å². The van der Waals surface area contributed by atoms with Crippen molar-refractivity contribution in [2.24, 2.45) is 0 Å². The van der Waals surface area contributed by atoms with E-state index in [0.717, 1.165) is 44.0 Å². The molecule has 6 nitrogen and oxygen atoms in total. The van der Waals surface area contributed by atoms with Crippen LogP contribution in [0.4, 0.5) is 14.5 Å². The van der Waals surface area contributed by atoms with Crippen molar-refractivity contribution in [3.8, 4) is 17.0 Å². The maximum atomic E-state index is 13.6. The number of phenolic OH excluding ortho intramolecular Hbond substituents is 1. The first-order valence-electron chi connectivity index (χ1n) is 8.20. The number of halogens is 3. The van der Waals surface area contributed by atoms with Gasteiger partial charge in [0.2, 0.25) is 0 Å². The molecule has 0 aliphatic carbocycles. The second-order valence-electron chi connectivity index (χ2n) is 6.12. The Bertz CT molecular complexity index is 1030. The van der Waals surface area contributed by atoms with Gasteiger partial charge in [0, 0.05) is 44.0 Å². The first kappa shape index (κ1) is 19.1. The van der Waals surface area contributed by atoms with Crippen molar-refractivity contribution in [3.63, 3.8) is 0 Å². The molecule has 2 N–H and O–H groups in total. The lowest BCUT2D eigenvalue weighted by atomic mass is 10.1. The Morgan fingerprint density at radius 1 is 1.07 bits per heavy atom. The molecule has 3 aromatic rings. The van der Waals surface area contributed by atoms with E-state index in [9.17, 15) is 18.7 Å². The average Bonchev–Trinajstić information content (AvgIpc) is 2.66. The lowest BCUT2D eigenvalue weighted by molar-refractivity contribution is 0.396. The van der Waals surface area contributed by atoms with E-state index in [1.54, 1.807) is 12.3 Å². The molecule has 0 bridgehead atoms. The number of aromatic hydroxyl groups is 1. The highest BCUT2D eigenvalue weighted by Gasteiger charge is 2.15. The van der Waals surface area contributed by atoms with Gasteiger partial charge in [-0.3, -0.25) is 9.20 Å². The molecule has 1 aliphatic rings. The highest BCUT2D eigenvalue weighted by atomic mass is 35.5. The van der Waals surface area contributed by atoms with Gasteiger partial charge >= 0.3 is 0 Å². The van der Waals surface area contributed by atoms with E-state index in [0.29, 0.717) is 5.65 Å². The van der Waals surface area contributed by atoms with Gasteiger partial charge in [-0.05, 0) is 24.3 Å². The molecule has 1 fully saturated rings. The van der Waals surface area contributed by atoms with Crippen LogP contribution in [0, 0.1) is 11.6 Å². The van der Waals surface area contributed by atoms with E-state index >= 15 is 0 Å². The number of piperazine rings is 1. The molecule has 2 aromatic heterocycles. The summed E-state index contributed by atoms with van der Waals surface area (Å²) in [5, 5.41) is 12.5. The number of fused-ring (bicyclic) bond motifs is 1. The molecule has 27 heavy (non-hydrogen) atoms. The maximum absolute atomic E-state index is 13.6. The monoisotopic (exact) mass is 394 g/mol. The molecule has 0 unspecified atom stereocenters. The zero-order valence-electron chi connectivity index (χ0n) is 14.2. The van der Waals surface area contributed by atoms with Crippen LogP contribution in [0.25, 0.3) is 16.9 Å². The first-order chi connectivity index (χ1) is 12.5. The Hall–Kier alpha value is -2.71. The molecular weight excluding hydrogens is 378 g/mol. The van der Waals surface area contributed by atoms with Gasteiger partial charge in [-0.1, -0.05) is 0 Å². The van der Waals surface area contributed by atoms with Crippen molar-refractivity contribution >= 4 is 23.7 Å². The fourth-order valence-electron chi connectivity index (χ4n) is 3.06. The van der Waals surface area contributed by atoms with Gasteiger partial charge in [-0.15, -0.1) is 12.4 Å². The number of hydrogen-bond acceptors (Lipinski definition) is 5. The van der Waals surface area contributed by atoms with E-state index in [1.165, 1.54) is 10.5 Å². The number of pyridine rings is 1. The first-order valence-corrected chi connectivity index (χ1v) is 8.20. The van der Waals surface area contributed by atoms with Crippen LogP contribution in [0.3, 0.4) is 0 Å². The SMILES string of the molecule is Cl.O=c1cc(-c2cc(F)c(O)c(F)c2)nc2ccc(N3CCNCC3)cn12. The summed E-state index contributed by atoms with van der Waals surface area (Å²) in [6, 6.07) is 6.70. The van der Waals surface area contributed by atoms with E-state index < -0.39 is 17.4 Å². The molecule has 0 atom stereocenters. The lowest BCUT2D eigenvalue weighted by Gasteiger charge is -2.29. The summed E-state index contributed by atoms with van der Waals surface area (Å²) in [6.45, 7) is 3.44. The van der Waals surface area contributed by atoms with Crippen LogP contribution in [-0.4, -0.2) is 40.7 Å². The molecule has 0 spiro atoms. The van der Waals surface area contributed by atoms with E-state index in [-0.39, 0.29) is 29.2 Å². The van der Waals surface area contributed by atoms with Crippen molar-refractivity contribution in [1.29, 1.82) is 0 Å². The topological polar surface area (TPSA) is 69.9 Å². The Labute approximate surface area is 159 Å². The van der Waals surface area contributed by atoms with Gasteiger partial charge in [-0.25, -0.2) is 13.8 Å². The summed E-state index contributed by atoms with van der Waals surface area (Å²) >= 11 is 0. The molecule has 1 aliphatic heterocycles.